The van der Waals surface area contributed by atoms with Crippen LogP contribution in [0.5, 0.6) is 0 Å². The Kier molecular flexibility index (Phi) is 7.67. The first-order valence-electron chi connectivity index (χ1n) is 14.3. The van der Waals surface area contributed by atoms with Crippen molar-refractivity contribution in [3.05, 3.63) is 126 Å². The van der Waals surface area contributed by atoms with Crippen LogP contribution in [-0.2, 0) is 20.9 Å². The van der Waals surface area contributed by atoms with Gasteiger partial charge in [0.2, 0.25) is 5.76 Å². The molecule has 1 saturated heterocycles. The highest BCUT2D eigenvalue weighted by molar-refractivity contribution is 5.99. The van der Waals surface area contributed by atoms with E-state index in [1.54, 1.807) is 26.0 Å². The van der Waals surface area contributed by atoms with Crippen molar-refractivity contribution >= 4 is 12.0 Å². The van der Waals surface area contributed by atoms with Crippen LogP contribution < -0.4 is 0 Å². The molecule has 1 aliphatic rings. The molecule has 1 fully saturated rings. The maximum Gasteiger partial charge on any atom is 0.417 e. The van der Waals surface area contributed by atoms with Gasteiger partial charge in [0, 0.05) is 6.07 Å². The lowest BCUT2D eigenvalue weighted by molar-refractivity contribution is -0.175. The Morgan fingerprint density at radius 2 is 1.61 bits per heavy atom. The molecule has 3 atom stereocenters. The van der Waals surface area contributed by atoms with Gasteiger partial charge in [0.05, 0.1) is 12.9 Å². The zero-order chi connectivity index (χ0) is 30.9. The predicted molar refractivity (Wildman–Crippen MR) is 161 cm³/mol. The third kappa shape index (κ3) is 5.43. The summed E-state index contributed by atoms with van der Waals surface area (Å²) in [6, 6.07) is 30.9. The van der Waals surface area contributed by atoms with Crippen molar-refractivity contribution in [2.24, 2.45) is 0 Å². The van der Waals surface area contributed by atoms with Crippen LogP contribution in [0, 0.1) is 0 Å². The molecule has 0 unspecified atom stereocenters. The Morgan fingerprint density at radius 1 is 0.955 bits per heavy atom. The van der Waals surface area contributed by atoms with Crippen molar-refractivity contribution in [3.8, 4) is 22.6 Å². The van der Waals surface area contributed by atoms with Crippen LogP contribution in [0.3, 0.4) is 0 Å². The molecule has 1 aliphatic heterocycles. The van der Waals surface area contributed by atoms with Crippen LogP contribution >= 0.6 is 0 Å². The maximum absolute atomic E-state index is 14.5. The van der Waals surface area contributed by atoms with Crippen molar-refractivity contribution in [1.82, 2.24) is 10.1 Å². The summed E-state index contributed by atoms with van der Waals surface area (Å²) in [5.74, 6) is -0.116. The number of cyclic esters (lactones) is 1. The largest absolute Gasteiger partial charge is 0.461 e. The monoisotopic (exact) mass is 592 g/mol. The molecule has 0 spiro atoms. The zero-order valence-electron chi connectivity index (χ0n) is 24.5. The van der Waals surface area contributed by atoms with Crippen LogP contribution in [0.25, 0.3) is 22.6 Å². The van der Waals surface area contributed by atoms with E-state index >= 15 is 0 Å². The number of hydrogen-bond donors (Lipinski definition) is 1. The average molecular weight is 593 g/mol. The molecule has 224 valence electrons. The lowest BCUT2D eigenvalue weighted by Crippen LogP contribution is -2.54. The van der Waals surface area contributed by atoms with Crippen molar-refractivity contribution in [1.29, 1.82) is 0 Å². The van der Waals surface area contributed by atoms with Crippen molar-refractivity contribution in [2.45, 2.75) is 50.7 Å². The number of aliphatic hydroxyl groups excluding tert-OH is 1. The highest BCUT2D eigenvalue weighted by Gasteiger charge is 2.57. The van der Waals surface area contributed by atoms with Crippen molar-refractivity contribution in [3.63, 3.8) is 0 Å². The second kappa shape index (κ2) is 11.6. The number of aliphatic hydroxyl groups is 1. The average Bonchev–Trinajstić information content (AvgIpc) is 3.79. The van der Waals surface area contributed by atoms with Crippen LogP contribution in [0.1, 0.15) is 49.7 Å². The number of rotatable bonds is 9. The molecular formula is C35H32N2O7. The van der Waals surface area contributed by atoms with Crippen LogP contribution in [0.2, 0.25) is 0 Å². The van der Waals surface area contributed by atoms with Crippen molar-refractivity contribution < 1.29 is 33.1 Å². The SMILES string of the molecule is CC1(C)OC(=O)N(C(=O)[C@@](C)(OCc2ccc(-c3ccccc3)cc2)[C@@H](O)c2cc(-c3ccco3)on2)[C@H]1c1ccccc1. The Bertz CT molecular complexity index is 1730. The highest BCUT2D eigenvalue weighted by atomic mass is 16.6. The second-order valence-corrected chi connectivity index (χ2v) is 11.4. The quantitative estimate of drug-likeness (QED) is 0.193. The molecular weight excluding hydrogens is 560 g/mol. The Morgan fingerprint density at radius 3 is 2.27 bits per heavy atom. The van der Waals surface area contributed by atoms with Gasteiger partial charge in [-0.05, 0) is 55.2 Å². The maximum atomic E-state index is 14.5. The minimum atomic E-state index is -1.98. The van der Waals surface area contributed by atoms with Crippen molar-refractivity contribution in [2.75, 3.05) is 0 Å². The topological polar surface area (TPSA) is 115 Å². The number of imide groups is 1. The number of carbonyl (C=O) groups excluding carboxylic acids is 2. The minimum Gasteiger partial charge on any atom is -0.461 e. The number of ether oxygens (including phenoxy) is 2. The summed E-state index contributed by atoms with van der Waals surface area (Å²) >= 11 is 0. The number of hydrogen-bond acceptors (Lipinski definition) is 8. The van der Waals surface area contributed by atoms with E-state index < -0.39 is 35.3 Å². The molecule has 2 amide bonds. The number of carbonyl (C=O) groups is 2. The molecule has 9 nitrogen and oxygen atoms in total. The summed E-state index contributed by atoms with van der Waals surface area (Å²) < 4.78 is 22.8. The molecule has 0 radical (unpaired) electrons. The Hall–Kier alpha value is -4.99. The molecule has 0 bridgehead atoms. The molecule has 5 aromatic rings. The van der Waals surface area contributed by atoms with Gasteiger partial charge in [0.25, 0.3) is 5.91 Å². The highest BCUT2D eigenvalue weighted by Crippen LogP contribution is 2.44. The van der Waals surface area contributed by atoms with Gasteiger partial charge >= 0.3 is 6.09 Å². The van der Waals surface area contributed by atoms with Gasteiger partial charge in [0.15, 0.2) is 11.4 Å². The number of nitrogens with zero attached hydrogens (tertiary/aromatic N) is 2. The summed E-state index contributed by atoms with van der Waals surface area (Å²) in [5, 5.41) is 15.8. The molecule has 44 heavy (non-hydrogen) atoms. The summed E-state index contributed by atoms with van der Waals surface area (Å²) in [5.41, 5.74) is 0.553. The van der Waals surface area contributed by atoms with E-state index in [0.29, 0.717) is 11.3 Å². The fourth-order valence-corrected chi connectivity index (χ4v) is 5.52. The van der Waals surface area contributed by atoms with Gasteiger partial charge in [-0.25, -0.2) is 9.69 Å². The second-order valence-electron chi connectivity index (χ2n) is 11.4. The van der Waals surface area contributed by atoms with E-state index in [9.17, 15) is 14.7 Å². The van der Waals surface area contributed by atoms with E-state index in [0.717, 1.165) is 21.6 Å². The van der Waals surface area contributed by atoms with Crippen LogP contribution in [0.15, 0.2) is 118 Å². The molecule has 2 aromatic heterocycles. The summed E-state index contributed by atoms with van der Waals surface area (Å²) in [7, 11) is 0. The molecule has 9 heteroatoms. The Balaban J connectivity index is 1.34. The fraction of sp³-hybridized carbons (Fsp3) is 0.229. The van der Waals surface area contributed by atoms with Gasteiger partial charge in [0.1, 0.15) is 23.4 Å². The number of furan rings is 1. The normalized spacial score (nSPS) is 18.0. The van der Waals surface area contributed by atoms with E-state index in [2.05, 4.69) is 5.16 Å². The molecule has 0 aliphatic carbocycles. The smallest absolute Gasteiger partial charge is 0.417 e. The molecule has 3 aromatic carbocycles. The van der Waals surface area contributed by atoms with E-state index in [-0.39, 0.29) is 18.1 Å². The van der Waals surface area contributed by atoms with E-state index in [1.165, 1.54) is 19.3 Å². The first kappa shape index (κ1) is 29.1. The minimum absolute atomic E-state index is 0.0368. The van der Waals surface area contributed by atoms with Crippen LogP contribution in [-0.4, -0.2) is 38.4 Å². The van der Waals surface area contributed by atoms with Gasteiger partial charge in [-0.1, -0.05) is 90.1 Å². The lowest BCUT2D eigenvalue weighted by Gasteiger charge is -2.37. The molecule has 3 heterocycles. The first-order chi connectivity index (χ1) is 21.2. The lowest BCUT2D eigenvalue weighted by atomic mass is 9.88. The standard InChI is InChI=1S/C35H32N2O7/c1-34(2)30(26-13-8-5-9-14-26)37(33(40)43-34)32(39)35(3,31(38)27-21-29(44-36-27)28-15-10-20-41-28)42-22-23-16-18-25(19-17-23)24-11-6-4-7-12-24/h4-21,30-31,38H,22H2,1-3H3/t30-,31-,35-/m0/s1. The molecule has 0 saturated carbocycles. The Labute approximate surface area is 254 Å². The zero-order valence-corrected chi connectivity index (χ0v) is 24.5. The fourth-order valence-electron chi connectivity index (χ4n) is 5.52. The third-order valence-corrected chi connectivity index (χ3v) is 7.92. The molecule has 1 N–H and O–H groups in total. The number of benzene rings is 3. The number of amides is 2. The van der Waals surface area contributed by atoms with Gasteiger partial charge in [-0.3, -0.25) is 4.79 Å². The third-order valence-electron chi connectivity index (χ3n) is 7.92. The molecule has 6 rings (SSSR count). The number of aromatic nitrogens is 1. The van der Waals surface area contributed by atoms with Gasteiger partial charge < -0.3 is 23.5 Å². The first-order valence-corrected chi connectivity index (χ1v) is 14.3. The predicted octanol–water partition coefficient (Wildman–Crippen LogP) is 7.11. The summed E-state index contributed by atoms with van der Waals surface area (Å²) in [6.45, 7) is 4.89. The summed E-state index contributed by atoms with van der Waals surface area (Å²) in [4.78, 5) is 28.9. The van der Waals surface area contributed by atoms with E-state index in [1.807, 2.05) is 84.9 Å². The van der Waals surface area contributed by atoms with Crippen LogP contribution in [0.4, 0.5) is 4.79 Å². The van der Waals surface area contributed by atoms with Gasteiger partial charge in [-0.2, -0.15) is 0 Å². The van der Waals surface area contributed by atoms with E-state index in [4.69, 9.17) is 18.4 Å². The van der Waals surface area contributed by atoms with Gasteiger partial charge in [-0.15, -0.1) is 0 Å². The summed E-state index contributed by atoms with van der Waals surface area (Å²) in [6.07, 6.45) is -0.975.